The highest BCUT2D eigenvalue weighted by molar-refractivity contribution is 7.85. The first-order valence-corrected chi connectivity index (χ1v) is 6.95. The van der Waals surface area contributed by atoms with Crippen molar-refractivity contribution in [1.29, 1.82) is 0 Å². The Morgan fingerprint density at radius 2 is 1.83 bits per heavy atom. The molecule has 0 aromatic heterocycles. The van der Waals surface area contributed by atoms with Gasteiger partial charge in [-0.2, -0.15) is 12.7 Å². The zero-order valence-corrected chi connectivity index (χ0v) is 10.5. The van der Waals surface area contributed by atoms with Gasteiger partial charge in [-0.3, -0.25) is 4.10 Å². The predicted octanol–water partition coefficient (Wildman–Crippen LogP) is -1.03. The molecule has 1 aromatic carbocycles. The molecule has 0 radical (unpaired) electrons. The third kappa shape index (κ3) is 3.30. The minimum absolute atomic E-state index is 0.240. The van der Waals surface area contributed by atoms with Crippen LogP contribution in [0.4, 0.5) is 0 Å². The van der Waals surface area contributed by atoms with Crippen LogP contribution in [0.25, 0.3) is 0 Å². The molecule has 1 aliphatic heterocycles. The Labute approximate surface area is 107 Å². The van der Waals surface area contributed by atoms with Crippen molar-refractivity contribution in [3.05, 3.63) is 30.3 Å². The Balaban J connectivity index is 2.03. The zero-order chi connectivity index (χ0) is 13.0. The molecule has 0 atom stereocenters. The van der Waals surface area contributed by atoms with Gasteiger partial charge >= 0.3 is 17.4 Å². The molecular weight excluding hydrogens is 257 g/mol. The SMILES string of the molecule is O=S(=O)(OB(O)c1ccccc1)N1CCOCC1. The average Bonchev–Trinajstić information content (AvgIpc) is 2.40. The van der Waals surface area contributed by atoms with Crippen LogP contribution in [-0.4, -0.2) is 51.2 Å². The van der Waals surface area contributed by atoms with Crippen molar-refractivity contribution < 1.29 is 22.3 Å². The molecule has 1 aromatic rings. The topological polar surface area (TPSA) is 76.1 Å². The number of hydrogen-bond acceptors (Lipinski definition) is 5. The smallest absolute Gasteiger partial charge is 0.422 e. The Bertz CT molecular complexity index is 474. The van der Waals surface area contributed by atoms with Crippen molar-refractivity contribution >= 4 is 22.9 Å². The number of morpholine rings is 1. The summed E-state index contributed by atoms with van der Waals surface area (Å²) < 4.78 is 34.7. The minimum atomic E-state index is -3.93. The maximum Gasteiger partial charge on any atom is 0.508 e. The van der Waals surface area contributed by atoms with Crippen LogP contribution in [0.15, 0.2) is 30.3 Å². The number of hydrogen-bond donors (Lipinski definition) is 1. The van der Waals surface area contributed by atoms with Crippen molar-refractivity contribution in [2.75, 3.05) is 26.3 Å². The van der Waals surface area contributed by atoms with E-state index in [0.717, 1.165) is 4.31 Å². The Morgan fingerprint density at radius 1 is 1.22 bits per heavy atom. The first kappa shape index (κ1) is 13.5. The molecule has 98 valence electrons. The van der Waals surface area contributed by atoms with Crippen LogP contribution in [0, 0.1) is 0 Å². The third-order valence-corrected chi connectivity index (χ3v) is 4.01. The second kappa shape index (κ2) is 5.81. The molecule has 0 amide bonds. The average molecular weight is 271 g/mol. The monoisotopic (exact) mass is 271 g/mol. The molecule has 18 heavy (non-hydrogen) atoms. The summed E-state index contributed by atoms with van der Waals surface area (Å²) in [5.41, 5.74) is 0.398. The van der Waals surface area contributed by atoms with E-state index in [1.54, 1.807) is 30.3 Å². The molecule has 2 rings (SSSR count). The van der Waals surface area contributed by atoms with Crippen LogP contribution in [-0.2, 0) is 19.1 Å². The second-order valence-electron chi connectivity index (χ2n) is 3.83. The van der Waals surface area contributed by atoms with Gasteiger partial charge in [-0.25, -0.2) is 0 Å². The quantitative estimate of drug-likeness (QED) is 0.708. The molecule has 0 aliphatic carbocycles. The lowest BCUT2D eigenvalue weighted by molar-refractivity contribution is 0.0695. The largest absolute Gasteiger partial charge is 0.508 e. The molecule has 8 heteroatoms. The fraction of sp³-hybridized carbons (Fsp3) is 0.400. The Hall–Kier alpha value is -0.925. The van der Waals surface area contributed by atoms with Crippen LogP contribution in [0.2, 0.25) is 0 Å². The van der Waals surface area contributed by atoms with Crippen molar-refractivity contribution in [3.8, 4) is 0 Å². The third-order valence-electron chi connectivity index (χ3n) is 2.58. The zero-order valence-electron chi connectivity index (χ0n) is 9.73. The first-order valence-electron chi connectivity index (χ1n) is 5.59. The fourth-order valence-corrected chi connectivity index (χ4v) is 2.68. The van der Waals surface area contributed by atoms with E-state index in [1.807, 2.05) is 0 Å². The molecular formula is C10H14BNO5S. The van der Waals surface area contributed by atoms with Crippen molar-refractivity contribution in [3.63, 3.8) is 0 Å². The minimum Gasteiger partial charge on any atom is -0.422 e. The van der Waals surface area contributed by atoms with Gasteiger partial charge in [0.1, 0.15) is 0 Å². The summed E-state index contributed by atoms with van der Waals surface area (Å²) in [6, 6.07) is 8.36. The van der Waals surface area contributed by atoms with E-state index in [9.17, 15) is 13.4 Å². The van der Waals surface area contributed by atoms with Gasteiger partial charge in [0, 0.05) is 13.1 Å². The molecule has 0 unspecified atom stereocenters. The predicted molar refractivity (Wildman–Crippen MR) is 66.4 cm³/mol. The van der Waals surface area contributed by atoms with Gasteiger partial charge in [0.2, 0.25) is 0 Å². The molecule has 6 nitrogen and oxygen atoms in total. The van der Waals surface area contributed by atoms with Crippen LogP contribution in [0.3, 0.4) is 0 Å². The van der Waals surface area contributed by atoms with Crippen LogP contribution >= 0.6 is 0 Å². The number of rotatable bonds is 4. The number of nitrogens with zero attached hydrogens (tertiary/aromatic N) is 1. The number of ether oxygens (including phenoxy) is 1. The first-order chi connectivity index (χ1) is 8.59. The van der Waals surface area contributed by atoms with E-state index < -0.39 is 17.4 Å². The van der Waals surface area contributed by atoms with Gasteiger partial charge in [-0.1, -0.05) is 30.3 Å². The van der Waals surface area contributed by atoms with Gasteiger partial charge < -0.3 is 9.76 Å². The van der Waals surface area contributed by atoms with Gasteiger partial charge in [0.05, 0.1) is 13.2 Å². The van der Waals surface area contributed by atoms with Crippen molar-refractivity contribution in [2.45, 2.75) is 0 Å². The van der Waals surface area contributed by atoms with Crippen LogP contribution < -0.4 is 5.46 Å². The summed E-state index contributed by atoms with van der Waals surface area (Å²) in [4.78, 5) is 0. The second-order valence-corrected chi connectivity index (χ2v) is 5.39. The van der Waals surface area contributed by atoms with Gasteiger partial charge in [0.15, 0.2) is 0 Å². The molecule has 1 fully saturated rings. The van der Waals surface area contributed by atoms with E-state index in [1.165, 1.54) is 0 Å². The highest BCUT2D eigenvalue weighted by atomic mass is 32.2. The van der Waals surface area contributed by atoms with E-state index in [4.69, 9.17) is 8.84 Å². The van der Waals surface area contributed by atoms with E-state index in [-0.39, 0.29) is 13.1 Å². The highest BCUT2D eigenvalue weighted by Gasteiger charge is 2.31. The van der Waals surface area contributed by atoms with E-state index in [0.29, 0.717) is 18.7 Å². The lowest BCUT2D eigenvalue weighted by atomic mass is 9.80. The number of benzene rings is 1. The highest BCUT2D eigenvalue weighted by Crippen LogP contribution is 2.07. The lowest BCUT2D eigenvalue weighted by Crippen LogP contribution is -2.46. The molecule has 0 spiro atoms. The van der Waals surface area contributed by atoms with Crippen LogP contribution in [0.1, 0.15) is 0 Å². The molecule has 0 bridgehead atoms. The van der Waals surface area contributed by atoms with Gasteiger partial charge in [-0.15, -0.1) is 0 Å². The van der Waals surface area contributed by atoms with Gasteiger partial charge in [0.25, 0.3) is 0 Å². The normalized spacial score (nSPS) is 17.6. The van der Waals surface area contributed by atoms with Crippen LogP contribution in [0.5, 0.6) is 0 Å². The lowest BCUT2D eigenvalue weighted by Gasteiger charge is -2.25. The van der Waals surface area contributed by atoms with Gasteiger partial charge in [-0.05, 0) is 5.46 Å². The summed E-state index contributed by atoms with van der Waals surface area (Å²) in [6.45, 7) is 1.15. The maximum atomic E-state index is 11.9. The van der Waals surface area contributed by atoms with Crippen molar-refractivity contribution in [2.24, 2.45) is 0 Å². The summed E-state index contributed by atoms with van der Waals surface area (Å²) in [7, 11) is -5.41. The van der Waals surface area contributed by atoms with E-state index in [2.05, 4.69) is 0 Å². The standard InChI is InChI=1S/C10H14BNO5S/c13-11(10-4-2-1-3-5-10)17-18(14,15)12-6-8-16-9-7-12/h1-5,13H,6-9H2. The van der Waals surface area contributed by atoms with E-state index >= 15 is 0 Å². The summed E-state index contributed by atoms with van der Waals surface area (Å²) in [6.07, 6.45) is 0. The summed E-state index contributed by atoms with van der Waals surface area (Å²) >= 11 is 0. The molecule has 1 heterocycles. The molecule has 1 N–H and O–H groups in total. The summed E-state index contributed by atoms with van der Waals surface area (Å²) in [5, 5.41) is 9.73. The summed E-state index contributed by atoms with van der Waals surface area (Å²) in [5.74, 6) is 0. The van der Waals surface area contributed by atoms with Crippen molar-refractivity contribution in [1.82, 2.24) is 4.31 Å². The maximum absolute atomic E-state index is 11.9. The Morgan fingerprint density at radius 3 is 2.44 bits per heavy atom. The molecule has 1 saturated heterocycles. The fourth-order valence-electron chi connectivity index (χ4n) is 1.62. The molecule has 0 saturated carbocycles. The Kier molecular flexibility index (Phi) is 4.36. The molecule has 1 aliphatic rings.